The first-order valence-corrected chi connectivity index (χ1v) is 18.1. The van der Waals surface area contributed by atoms with Gasteiger partial charge in [0.05, 0.1) is 30.5 Å². The Morgan fingerprint density at radius 3 is 2.62 bits per heavy atom. The Bertz CT molecular complexity index is 1670. The molecule has 1 spiro atoms. The van der Waals surface area contributed by atoms with Crippen LogP contribution in [0.3, 0.4) is 0 Å². The number of hydrogen-bond acceptors (Lipinski definition) is 10. The number of halogens is 1. The summed E-state index contributed by atoms with van der Waals surface area (Å²) in [6.45, 7) is 13.5. The van der Waals surface area contributed by atoms with Gasteiger partial charge in [-0.25, -0.2) is 19.0 Å². The van der Waals surface area contributed by atoms with Gasteiger partial charge in [0.25, 0.3) is 0 Å². The van der Waals surface area contributed by atoms with Crippen LogP contribution in [0.5, 0.6) is 0 Å². The van der Waals surface area contributed by atoms with Crippen molar-refractivity contribution in [2.45, 2.75) is 102 Å². The van der Waals surface area contributed by atoms with Gasteiger partial charge in [0.2, 0.25) is 0 Å². The molecule has 13 heteroatoms. The van der Waals surface area contributed by atoms with Gasteiger partial charge in [-0.2, -0.15) is 5.26 Å². The Morgan fingerprint density at radius 2 is 1.91 bits per heavy atom. The van der Waals surface area contributed by atoms with Crippen LogP contribution < -0.4 is 14.5 Å². The zero-order chi connectivity index (χ0) is 33.1. The van der Waals surface area contributed by atoms with E-state index in [9.17, 15) is 9.81 Å². The van der Waals surface area contributed by atoms with Crippen molar-refractivity contribution in [3.8, 4) is 6.07 Å². The van der Waals surface area contributed by atoms with E-state index in [0.717, 1.165) is 57.4 Å². The summed E-state index contributed by atoms with van der Waals surface area (Å²) in [5, 5.41) is 14.6. The van der Waals surface area contributed by atoms with E-state index in [0.29, 0.717) is 48.0 Å². The number of aromatic nitrogens is 4. The third kappa shape index (κ3) is 5.76. The number of nitriles is 1. The minimum Gasteiger partial charge on any atom is -0.598 e. The number of ether oxygens (including phenoxy) is 2. The molecule has 0 radical (unpaired) electrons. The van der Waals surface area contributed by atoms with Gasteiger partial charge in [-0.05, 0) is 84.3 Å². The number of hydrogen-bond donors (Lipinski definition) is 1. The van der Waals surface area contributed by atoms with Crippen LogP contribution in [0.25, 0.3) is 11.2 Å². The minimum atomic E-state index is -1.19. The Hall–Kier alpha value is -3.02. The molecule has 6 heterocycles. The predicted octanol–water partition coefficient (Wildman–Crippen LogP) is 5.61. The van der Waals surface area contributed by atoms with Gasteiger partial charge >= 0.3 is 0 Å². The average molecular weight is 665 g/mol. The van der Waals surface area contributed by atoms with E-state index in [1.807, 2.05) is 55.6 Å². The van der Waals surface area contributed by atoms with Crippen LogP contribution in [0.15, 0.2) is 18.3 Å². The van der Waals surface area contributed by atoms with E-state index in [-0.39, 0.29) is 40.0 Å². The van der Waals surface area contributed by atoms with Gasteiger partial charge < -0.3 is 23.8 Å². The fraction of sp³-hybridized carbons (Fsp3) is 0.647. The lowest BCUT2D eigenvalue weighted by atomic mass is 9.73. The fourth-order valence-corrected chi connectivity index (χ4v) is 8.67. The van der Waals surface area contributed by atoms with E-state index in [4.69, 9.17) is 24.5 Å². The molecule has 11 nitrogen and oxygen atoms in total. The van der Waals surface area contributed by atoms with Crippen LogP contribution in [-0.2, 0) is 20.8 Å². The Morgan fingerprint density at radius 1 is 1.13 bits per heavy atom. The van der Waals surface area contributed by atoms with Crippen LogP contribution in [0.2, 0.25) is 0 Å². The van der Waals surface area contributed by atoms with Crippen molar-refractivity contribution in [1.29, 1.82) is 5.26 Å². The molecule has 0 saturated carbocycles. The smallest absolute Gasteiger partial charge is 0.183 e. The monoisotopic (exact) mass is 664 g/mol. The van der Waals surface area contributed by atoms with Gasteiger partial charge in [0.15, 0.2) is 23.2 Å². The highest BCUT2D eigenvalue weighted by molar-refractivity contribution is 7.90. The Kier molecular flexibility index (Phi) is 8.62. The molecule has 3 unspecified atom stereocenters. The maximum atomic E-state index is 15.5. The maximum Gasteiger partial charge on any atom is 0.183 e. The quantitative estimate of drug-likeness (QED) is 0.344. The van der Waals surface area contributed by atoms with E-state index in [1.54, 1.807) is 6.07 Å². The molecule has 5 atom stereocenters. The standard InChI is InChI=1S/C34H45FN8O3S/c1-21-11-14-42(24-10-9-23(18-36)28(35)27(21)24)32-29-31(43(39-32)26-8-6-7-17-45-26)38-25(19-37-29)41-15-12-34(13-16-41)20-46-22(2)30(34)40-47(44)33(3,4)5/h9-10,19,21-22,26,30,40H,6-8,11-17,20H2,1-5H3/t21?,22-,26?,30+,47?/m0/s1. The van der Waals surface area contributed by atoms with Gasteiger partial charge in [-0.3, -0.25) is 0 Å². The second-order valence-electron chi connectivity index (χ2n) is 14.6. The summed E-state index contributed by atoms with van der Waals surface area (Å²) in [5.41, 5.74) is 2.51. The summed E-state index contributed by atoms with van der Waals surface area (Å²) in [7, 11) is 0. The van der Waals surface area contributed by atoms with E-state index in [1.165, 1.54) is 0 Å². The first kappa shape index (κ1) is 32.5. The molecular formula is C34H45FN8O3S. The van der Waals surface area contributed by atoms with Crippen LogP contribution in [-0.4, -0.2) is 74.0 Å². The molecule has 1 N–H and O–H groups in total. The van der Waals surface area contributed by atoms with Crippen molar-refractivity contribution in [3.63, 3.8) is 0 Å². The largest absolute Gasteiger partial charge is 0.598 e. The van der Waals surface area contributed by atoms with Crippen molar-refractivity contribution in [3.05, 3.63) is 35.3 Å². The summed E-state index contributed by atoms with van der Waals surface area (Å²) >= 11 is -1.19. The molecule has 0 aliphatic carbocycles. The zero-order valence-corrected chi connectivity index (χ0v) is 28.8. The van der Waals surface area contributed by atoms with Crippen molar-refractivity contribution >= 4 is 39.8 Å². The summed E-state index contributed by atoms with van der Waals surface area (Å²) < 4.78 is 45.8. The Labute approximate surface area is 279 Å². The van der Waals surface area contributed by atoms with E-state index < -0.39 is 17.2 Å². The van der Waals surface area contributed by atoms with Gasteiger partial charge in [0, 0.05) is 54.3 Å². The van der Waals surface area contributed by atoms with Gasteiger partial charge in [0.1, 0.15) is 22.5 Å². The molecular weight excluding hydrogens is 619 g/mol. The molecule has 47 heavy (non-hydrogen) atoms. The SMILES string of the molecule is CC1CCN(c2nn(C3CCCCO3)c3nc(N4CCC5(CC4)CO[C@@H](C)[C@H]5N[S+]([O-])C(C)(C)C)cnc23)c2ccc(C#N)c(F)c21. The van der Waals surface area contributed by atoms with Crippen molar-refractivity contribution in [1.82, 2.24) is 24.5 Å². The van der Waals surface area contributed by atoms with Crippen LogP contribution in [0.4, 0.5) is 21.7 Å². The summed E-state index contributed by atoms with van der Waals surface area (Å²) in [6.07, 6.45) is 6.89. The average Bonchev–Trinajstić information content (AvgIpc) is 3.58. The van der Waals surface area contributed by atoms with Crippen LogP contribution >= 0.6 is 0 Å². The van der Waals surface area contributed by atoms with Crippen molar-refractivity contribution in [2.75, 3.05) is 42.6 Å². The number of piperidine rings is 1. The fourth-order valence-electron chi connectivity index (χ4n) is 7.65. The maximum absolute atomic E-state index is 15.5. The Balaban J connectivity index is 1.21. The molecule has 0 amide bonds. The lowest BCUT2D eigenvalue weighted by Crippen LogP contribution is -2.56. The highest BCUT2D eigenvalue weighted by Crippen LogP contribution is 2.45. The molecule has 3 saturated heterocycles. The zero-order valence-electron chi connectivity index (χ0n) is 28.0. The molecule has 0 bridgehead atoms. The van der Waals surface area contributed by atoms with Crippen LogP contribution in [0.1, 0.15) is 96.4 Å². The number of benzene rings is 1. The molecule has 252 valence electrons. The highest BCUT2D eigenvalue weighted by Gasteiger charge is 2.52. The topological polar surface area (TPSA) is 127 Å². The summed E-state index contributed by atoms with van der Waals surface area (Å²) in [4.78, 5) is 14.4. The molecule has 2 aromatic heterocycles. The lowest BCUT2D eigenvalue weighted by Gasteiger charge is -2.43. The molecule has 3 aromatic rings. The van der Waals surface area contributed by atoms with Gasteiger partial charge in [-0.15, -0.1) is 9.82 Å². The first-order chi connectivity index (χ1) is 22.5. The normalized spacial score (nSPS) is 26.9. The predicted molar refractivity (Wildman–Crippen MR) is 179 cm³/mol. The van der Waals surface area contributed by atoms with Crippen molar-refractivity contribution in [2.24, 2.45) is 5.41 Å². The number of nitrogens with one attached hydrogen (secondary N) is 1. The van der Waals surface area contributed by atoms with E-state index in [2.05, 4.69) is 16.5 Å². The number of anilines is 3. The van der Waals surface area contributed by atoms with Crippen molar-refractivity contribution < 1.29 is 18.4 Å². The molecule has 4 aliphatic heterocycles. The molecule has 4 aliphatic rings. The second kappa shape index (κ2) is 12.5. The summed E-state index contributed by atoms with van der Waals surface area (Å²) in [6, 6.07) is 5.37. The third-order valence-electron chi connectivity index (χ3n) is 10.5. The van der Waals surface area contributed by atoms with E-state index >= 15 is 4.39 Å². The third-order valence-corrected chi connectivity index (χ3v) is 12.1. The molecule has 7 rings (SSSR count). The first-order valence-electron chi connectivity index (χ1n) is 16.9. The van der Waals surface area contributed by atoms with Crippen LogP contribution in [0, 0.1) is 22.6 Å². The minimum absolute atomic E-state index is 0.00919. The second-order valence-corrected chi connectivity index (χ2v) is 16.6. The molecule has 1 aromatic carbocycles. The number of fused-ring (bicyclic) bond motifs is 2. The number of rotatable bonds is 5. The highest BCUT2D eigenvalue weighted by atomic mass is 32.2. The van der Waals surface area contributed by atoms with Gasteiger partial charge in [-0.1, -0.05) is 6.92 Å². The molecule has 3 fully saturated rings. The summed E-state index contributed by atoms with van der Waals surface area (Å²) in [5.74, 6) is 0.923. The lowest BCUT2D eigenvalue weighted by molar-refractivity contribution is -0.0368. The number of nitrogens with zero attached hydrogens (tertiary/aromatic N) is 7.